The maximum atomic E-state index is 5.94. The van der Waals surface area contributed by atoms with E-state index in [4.69, 9.17) is 4.74 Å². The molecule has 0 aliphatic heterocycles. The van der Waals surface area contributed by atoms with E-state index in [1.54, 1.807) is 13.2 Å². The minimum atomic E-state index is -0.0170. The van der Waals surface area contributed by atoms with Crippen molar-refractivity contribution in [3.63, 3.8) is 0 Å². The zero-order valence-electron chi connectivity index (χ0n) is 14.1. The van der Waals surface area contributed by atoms with E-state index in [0.29, 0.717) is 12.6 Å². The molecular weight excluding hydrogens is 276 g/mol. The Morgan fingerprint density at radius 3 is 2.73 bits per heavy atom. The lowest BCUT2D eigenvalue weighted by atomic mass is 10.1. The van der Waals surface area contributed by atoms with Gasteiger partial charge in [-0.3, -0.25) is 4.99 Å². The predicted octanol–water partition coefficient (Wildman–Crippen LogP) is 2.87. The van der Waals surface area contributed by atoms with Crippen LogP contribution >= 0.6 is 0 Å². The van der Waals surface area contributed by atoms with Crippen molar-refractivity contribution in [3.8, 4) is 5.88 Å². The highest BCUT2D eigenvalue weighted by Crippen LogP contribution is 2.23. The van der Waals surface area contributed by atoms with Gasteiger partial charge in [-0.25, -0.2) is 4.98 Å². The van der Waals surface area contributed by atoms with Crippen molar-refractivity contribution in [2.45, 2.75) is 64.6 Å². The average Bonchev–Trinajstić information content (AvgIpc) is 2.95. The highest BCUT2D eigenvalue weighted by Gasteiger charge is 2.17. The summed E-state index contributed by atoms with van der Waals surface area (Å²) in [5, 5.41) is 6.66. The van der Waals surface area contributed by atoms with Gasteiger partial charge < -0.3 is 15.4 Å². The lowest BCUT2D eigenvalue weighted by molar-refractivity contribution is 0.201. The molecule has 22 heavy (non-hydrogen) atoms. The Labute approximate surface area is 133 Å². The topological polar surface area (TPSA) is 58.5 Å². The Morgan fingerprint density at radius 2 is 2.09 bits per heavy atom. The SMILES string of the molecule is CN=C(NCc1ccnc(OC2CCCC2)c1)NC(C)(C)C. The molecule has 2 N–H and O–H groups in total. The first-order chi connectivity index (χ1) is 10.5. The highest BCUT2D eigenvalue weighted by molar-refractivity contribution is 5.80. The van der Waals surface area contributed by atoms with Crippen LogP contribution < -0.4 is 15.4 Å². The Morgan fingerprint density at radius 1 is 1.36 bits per heavy atom. The van der Waals surface area contributed by atoms with Crippen LogP contribution in [0.15, 0.2) is 23.3 Å². The highest BCUT2D eigenvalue weighted by atomic mass is 16.5. The van der Waals surface area contributed by atoms with Crippen molar-refractivity contribution in [1.82, 2.24) is 15.6 Å². The summed E-state index contributed by atoms with van der Waals surface area (Å²) in [6, 6.07) is 4.01. The van der Waals surface area contributed by atoms with E-state index >= 15 is 0 Å². The normalized spacial score (nSPS) is 16.6. The molecule has 1 aromatic rings. The molecule has 0 spiro atoms. The second-order valence-electron chi connectivity index (χ2n) is 6.83. The fourth-order valence-corrected chi connectivity index (χ4v) is 2.52. The van der Waals surface area contributed by atoms with Crippen molar-refractivity contribution < 1.29 is 4.74 Å². The molecule has 1 fully saturated rings. The number of pyridine rings is 1. The van der Waals surface area contributed by atoms with Crippen molar-refractivity contribution >= 4 is 5.96 Å². The van der Waals surface area contributed by atoms with E-state index in [0.717, 1.165) is 30.2 Å². The molecule has 5 heteroatoms. The van der Waals surface area contributed by atoms with E-state index < -0.39 is 0 Å². The zero-order chi connectivity index (χ0) is 16.0. The molecule has 0 aromatic carbocycles. The first kappa shape index (κ1) is 16.6. The summed E-state index contributed by atoms with van der Waals surface area (Å²) in [5.41, 5.74) is 1.12. The van der Waals surface area contributed by atoms with Gasteiger partial charge in [-0.05, 0) is 58.1 Å². The first-order valence-electron chi connectivity index (χ1n) is 8.07. The van der Waals surface area contributed by atoms with Crippen molar-refractivity contribution in [2.24, 2.45) is 4.99 Å². The Bertz CT molecular complexity index is 502. The van der Waals surface area contributed by atoms with Gasteiger partial charge in [0.25, 0.3) is 0 Å². The Hall–Kier alpha value is -1.78. The summed E-state index contributed by atoms with van der Waals surface area (Å²) in [7, 11) is 1.78. The molecule has 0 unspecified atom stereocenters. The van der Waals surface area contributed by atoms with Crippen LogP contribution in [0, 0.1) is 0 Å². The number of aromatic nitrogens is 1. The van der Waals surface area contributed by atoms with E-state index in [2.05, 4.69) is 41.4 Å². The molecule has 0 saturated heterocycles. The van der Waals surface area contributed by atoms with Crippen LogP contribution in [0.25, 0.3) is 0 Å². The number of ether oxygens (including phenoxy) is 1. The van der Waals surface area contributed by atoms with Gasteiger partial charge in [0, 0.05) is 31.4 Å². The Kier molecular flexibility index (Phi) is 5.63. The number of aliphatic imine (C=N–C) groups is 1. The van der Waals surface area contributed by atoms with E-state index in [1.165, 1.54) is 12.8 Å². The third kappa shape index (κ3) is 5.54. The lowest BCUT2D eigenvalue weighted by Gasteiger charge is -2.23. The average molecular weight is 304 g/mol. The lowest BCUT2D eigenvalue weighted by Crippen LogP contribution is -2.47. The van der Waals surface area contributed by atoms with E-state index in [-0.39, 0.29) is 5.54 Å². The monoisotopic (exact) mass is 304 g/mol. The third-order valence-corrected chi connectivity index (χ3v) is 3.57. The summed E-state index contributed by atoms with van der Waals surface area (Å²) >= 11 is 0. The summed E-state index contributed by atoms with van der Waals surface area (Å²) < 4.78 is 5.94. The van der Waals surface area contributed by atoms with Gasteiger partial charge in [-0.15, -0.1) is 0 Å². The molecule has 0 radical (unpaired) electrons. The molecule has 5 nitrogen and oxygen atoms in total. The first-order valence-corrected chi connectivity index (χ1v) is 8.07. The van der Waals surface area contributed by atoms with Crippen molar-refractivity contribution in [2.75, 3.05) is 7.05 Å². The van der Waals surface area contributed by atoms with Crippen LogP contribution in [0.2, 0.25) is 0 Å². The van der Waals surface area contributed by atoms with Crippen molar-refractivity contribution in [1.29, 1.82) is 0 Å². The largest absolute Gasteiger partial charge is 0.474 e. The summed E-state index contributed by atoms with van der Waals surface area (Å²) in [4.78, 5) is 8.56. The number of hydrogen-bond acceptors (Lipinski definition) is 3. The van der Waals surface area contributed by atoms with Gasteiger partial charge >= 0.3 is 0 Å². The van der Waals surface area contributed by atoms with Crippen molar-refractivity contribution in [3.05, 3.63) is 23.9 Å². The van der Waals surface area contributed by atoms with E-state index in [1.807, 2.05) is 12.1 Å². The van der Waals surface area contributed by atoms with Crippen LogP contribution in [-0.4, -0.2) is 29.6 Å². The van der Waals surface area contributed by atoms with Crippen LogP contribution in [0.5, 0.6) is 5.88 Å². The molecule has 122 valence electrons. The van der Waals surface area contributed by atoms with Gasteiger partial charge in [-0.2, -0.15) is 0 Å². The molecule has 0 amide bonds. The molecule has 2 rings (SSSR count). The molecule has 0 bridgehead atoms. The smallest absolute Gasteiger partial charge is 0.213 e. The summed E-state index contributed by atoms with van der Waals surface area (Å²) in [6.45, 7) is 7.03. The van der Waals surface area contributed by atoms with Crippen LogP contribution in [0.4, 0.5) is 0 Å². The standard InChI is InChI=1S/C17H28N4O/c1-17(2,3)21-16(18-4)20-12-13-9-10-19-15(11-13)22-14-7-5-6-8-14/h9-11,14H,5-8,12H2,1-4H3,(H2,18,20,21). The van der Waals surface area contributed by atoms with Crippen LogP contribution in [0.1, 0.15) is 52.0 Å². The molecule has 1 heterocycles. The predicted molar refractivity (Wildman–Crippen MR) is 90.2 cm³/mol. The number of rotatable bonds is 4. The van der Waals surface area contributed by atoms with Crippen LogP contribution in [-0.2, 0) is 6.54 Å². The quantitative estimate of drug-likeness (QED) is 0.663. The molecule has 0 atom stereocenters. The number of hydrogen-bond donors (Lipinski definition) is 2. The van der Waals surface area contributed by atoms with Gasteiger partial charge in [0.2, 0.25) is 5.88 Å². The molecule has 1 aliphatic carbocycles. The minimum Gasteiger partial charge on any atom is -0.474 e. The molecule has 1 aliphatic rings. The number of nitrogens with zero attached hydrogens (tertiary/aromatic N) is 2. The van der Waals surface area contributed by atoms with Gasteiger partial charge in [-0.1, -0.05) is 0 Å². The summed E-state index contributed by atoms with van der Waals surface area (Å²) in [6.07, 6.45) is 6.97. The number of guanidine groups is 1. The fraction of sp³-hybridized carbons (Fsp3) is 0.647. The van der Waals surface area contributed by atoms with Gasteiger partial charge in [0.15, 0.2) is 5.96 Å². The number of nitrogens with one attached hydrogen (secondary N) is 2. The zero-order valence-corrected chi connectivity index (χ0v) is 14.1. The van der Waals surface area contributed by atoms with Gasteiger partial charge in [0.05, 0.1) is 0 Å². The minimum absolute atomic E-state index is 0.0170. The third-order valence-electron chi connectivity index (χ3n) is 3.57. The van der Waals surface area contributed by atoms with E-state index in [9.17, 15) is 0 Å². The maximum absolute atomic E-state index is 5.94. The second kappa shape index (κ2) is 7.47. The van der Waals surface area contributed by atoms with Gasteiger partial charge in [0.1, 0.15) is 6.10 Å². The molecular formula is C17H28N4O. The summed E-state index contributed by atoms with van der Waals surface area (Å²) in [5.74, 6) is 1.52. The Balaban J connectivity index is 1.89. The molecule has 1 saturated carbocycles. The maximum Gasteiger partial charge on any atom is 0.213 e. The van der Waals surface area contributed by atoms with Crippen LogP contribution in [0.3, 0.4) is 0 Å². The fourth-order valence-electron chi connectivity index (χ4n) is 2.52. The molecule has 1 aromatic heterocycles. The second-order valence-corrected chi connectivity index (χ2v) is 6.83.